The number of amides is 1. The van der Waals surface area contributed by atoms with E-state index in [0.717, 1.165) is 29.0 Å². The fourth-order valence-corrected chi connectivity index (χ4v) is 4.01. The lowest BCUT2D eigenvalue weighted by atomic mass is 10.0. The van der Waals surface area contributed by atoms with Crippen molar-refractivity contribution in [2.24, 2.45) is 0 Å². The molecule has 4 aromatic rings. The molecule has 4 nitrogen and oxygen atoms in total. The Morgan fingerprint density at radius 1 is 0.906 bits per heavy atom. The van der Waals surface area contributed by atoms with Crippen molar-refractivity contribution in [3.8, 4) is 16.9 Å². The number of nitrogens with zero attached hydrogens (tertiary/aromatic N) is 1. The van der Waals surface area contributed by atoms with E-state index in [1.165, 1.54) is 29.4 Å². The molecule has 1 amide bonds. The van der Waals surface area contributed by atoms with Gasteiger partial charge in [-0.3, -0.25) is 9.69 Å². The van der Waals surface area contributed by atoms with Crippen molar-refractivity contribution in [2.45, 2.75) is 13.1 Å². The van der Waals surface area contributed by atoms with E-state index in [-0.39, 0.29) is 5.91 Å². The Labute approximate surface area is 188 Å². The summed E-state index contributed by atoms with van der Waals surface area (Å²) in [6.45, 7) is 3.92. The Morgan fingerprint density at radius 2 is 1.62 bits per heavy atom. The van der Waals surface area contributed by atoms with Gasteiger partial charge in [-0.05, 0) is 63.4 Å². The van der Waals surface area contributed by atoms with Gasteiger partial charge in [0.15, 0.2) is 0 Å². The second kappa shape index (κ2) is 8.85. The molecule has 4 heteroatoms. The molecule has 1 saturated heterocycles. The van der Waals surface area contributed by atoms with Gasteiger partial charge in [-0.15, -0.1) is 0 Å². The number of carbonyl (C=O) groups excluding carboxylic acids is 1. The highest BCUT2D eigenvalue weighted by atomic mass is 16.5. The van der Waals surface area contributed by atoms with Crippen LogP contribution in [-0.2, 0) is 13.1 Å². The minimum Gasteiger partial charge on any atom is -0.497 e. The van der Waals surface area contributed by atoms with Crippen LogP contribution >= 0.6 is 0 Å². The van der Waals surface area contributed by atoms with E-state index in [0.29, 0.717) is 12.1 Å². The third-order valence-corrected chi connectivity index (χ3v) is 5.99. The first-order chi connectivity index (χ1) is 15.7. The van der Waals surface area contributed by atoms with Crippen LogP contribution in [0.15, 0.2) is 84.9 Å². The van der Waals surface area contributed by atoms with Crippen molar-refractivity contribution in [1.82, 2.24) is 10.2 Å². The van der Waals surface area contributed by atoms with Crippen LogP contribution in [0.25, 0.3) is 21.9 Å². The number of fused-ring (bicyclic) bond motifs is 1. The Bertz CT molecular complexity index is 1240. The molecule has 1 aliphatic rings. The Morgan fingerprint density at radius 3 is 2.31 bits per heavy atom. The maximum absolute atomic E-state index is 12.7. The van der Waals surface area contributed by atoms with Gasteiger partial charge in [-0.1, -0.05) is 54.6 Å². The molecule has 32 heavy (non-hydrogen) atoms. The molecule has 0 spiro atoms. The largest absolute Gasteiger partial charge is 0.497 e. The lowest BCUT2D eigenvalue weighted by Crippen LogP contribution is -2.22. The van der Waals surface area contributed by atoms with Crippen molar-refractivity contribution >= 4 is 16.7 Å². The first-order valence-electron chi connectivity index (χ1n) is 11.0. The maximum atomic E-state index is 12.7. The standard InChI is InChI=1S/C28H26N2O2/c1-32-26-12-10-22(11-13-26)21-6-8-23(9-7-21)28(31)29-18-25-4-2-3-24-17-20(5-14-27(24)25)19-30-15-16-30/h2-14,17H,15-16,18-19H2,1H3,(H,29,31). The highest BCUT2D eigenvalue weighted by molar-refractivity contribution is 5.95. The molecule has 0 atom stereocenters. The van der Waals surface area contributed by atoms with Crippen LogP contribution < -0.4 is 10.1 Å². The molecule has 0 bridgehead atoms. The van der Waals surface area contributed by atoms with Gasteiger partial charge in [-0.25, -0.2) is 0 Å². The highest BCUT2D eigenvalue weighted by Crippen LogP contribution is 2.24. The zero-order valence-electron chi connectivity index (χ0n) is 18.2. The predicted octanol–water partition coefficient (Wildman–Crippen LogP) is 5.26. The number of ether oxygens (including phenoxy) is 1. The lowest BCUT2D eigenvalue weighted by molar-refractivity contribution is 0.0951. The molecule has 0 saturated carbocycles. The van der Waals surface area contributed by atoms with Gasteiger partial charge in [0, 0.05) is 31.7 Å². The summed E-state index contributed by atoms with van der Waals surface area (Å²) in [5.74, 6) is 0.761. The zero-order chi connectivity index (χ0) is 21.9. The third kappa shape index (κ3) is 4.51. The van der Waals surface area contributed by atoms with Crippen molar-refractivity contribution in [3.05, 3.63) is 102 Å². The molecule has 1 N–H and O–H groups in total. The average molecular weight is 423 g/mol. The summed E-state index contributed by atoms with van der Waals surface area (Å²) in [5.41, 5.74) is 5.28. The maximum Gasteiger partial charge on any atom is 0.251 e. The molecule has 160 valence electrons. The fourth-order valence-electron chi connectivity index (χ4n) is 4.01. The summed E-state index contributed by atoms with van der Waals surface area (Å²) >= 11 is 0. The second-order valence-electron chi connectivity index (χ2n) is 8.24. The van der Waals surface area contributed by atoms with E-state index in [1.54, 1.807) is 7.11 Å². The number of methoxy groups -OCH3 is 1. The topological polar surface area (TPSA) is 41.3 Å². The van der Waals surface area contributed by atoms with E-state index in [9.17, 15) is 4.79 Å². The van der Waals surface area contributed by atoms with Gasteiger partial charge in [-0.2, -0.15) is 0 Å². The summed E-state index contributed by atoms with van der Waals surface area (Å²) in [6, 6.07) is 28.5. The zero-order valence-corrected chi connectivity index (χ0v) is 18.2. The average Bonchev–Trinajstić information content (AvgIpc) is 3.66. The van der Waals surface area contributed by atoms with E-state index >= 15 is 0 Å². The molecule has 4 aromatic carbocycles. The van der Waals surface area contributed by atoms with Crippen LogP contribution in [0.1, 0.15) is 21.5 Å². The van der Waals surface area contributed by atoms with Gasteiger partial charge in [0.25, 0.3) is 5.91 Å². The number of benzene rings is 4. The van der Waals surface area contributed by atoms with E-state index in [4.69, 9.17) is 4.74 Å². The van der Waals surface area contributed by atoms with Gasteiger partial charge in [0.1, 0.15) is 5.75 Å². The molecule has 5 rings (SSSR count). The monoisotopic (exact) mass is 422 g/mol. The normalized spacial score (nSPS) is 13.2. The SMILES string of the molecule is COc1ccc(-c2ccc(C(=O)NCc3cccc4cc(CN5CC5)ccc34)cc2)cc1. The number of rotatable bonds is 7. The Kier molecular flexibility index (Phi) is 5.61. The first kappa shape index (κ1) is 20.3. The van der Waals surface area contributed by atoms with E-state index < -0.39 is 0 Å². The highest BCUT2D eigenvalue weighted by Gasteiger charge is 2.17. The molecule has 1 heterocycles. The number of carbonyl (C=O) groups is 1. The molecular weight excluding hydrogens is 396 g/mol. The quantitative estimate of drug-likeness (QED) is 0.413. The second-order valence-corrected chi connectivity index (χ2v) is 8.24. The van der Waals surface area contributed by atoms with Crippen molar-refractivity contribution < 1.29 is 9.53 Å². The summed E-state index contributed by atoms with van der Waals surface area (Å²) in [4.78, 5) is 15.1. The first-order valence-corrected chi connectivity index (χ1v) is 11.0. The van der Waals surface area contributed by atoms with Crippen LogP contribution in [0.4, 0.5) is 0 Å². The molecule has 0 aromatic heterocycles. The fraction of sp³-hybridized carbons (Fsp3) is 0.179. The molecule has 0 aliphatic carbocycles. The van der Waals surface area contributed by atoms with Crippen molar-refractivity contribution in [1.29, 1.82) is 0 Å². The van der Waals surface area contributed by atoms with Gasteiger partial charge < -0.3 is 10.1 Å². The van der Waals surface area contributed by atoms with Crippen LogP contribution in [0.5, 0.6) is 5.75 Å². The summed E-state index contributed by atoms with van der Waals surface area (Å²) in [5, 5.41) is 5.49. The smallest absolute Gasteiger partial charge is 0.251 e. The lowest BCUT2D eigenvalue weighted by Gasteiger charge is -2.11. The predicted molar refractivity (Wildman–Crippen MR) is 129 cm³/mol. The number of hydrogen-bond acceptors (Lipinski definition) is 3. The van der Waals surface area contributed by atoms with Crippen LogP contribution in [0.2, 0.25) is 0 Å². The van der Waals surface area contributed by atoms with E-state index in [1.807, 2.05) is 48.5 Å². The molecular formula is C28H26N2O2. The van der Waals surface area contributed by atoms with Crippen LogP contribution in [0.3, 0.4) is 0 Å². The van der Waals surface area contributed by atoms with Gasteiger partial charge >= 0.3 is 0 Å². The van der Waals surface area contributed by atoms with Gasteiger partial charge in [0.05, 0.1) is 7.11 Å². The van der Waals surface area contributed by atoms with Crippen molar-refractivity contribution in [3.63, 3.8) is 0 Å². The Balaban J connectivity index is 1.26. The van der Waals surface area contributed by atoms with Gasteiger partial charge in [0.2, 0.25) is 0 Å². The number of hydrogen-bond donors (Lipinski definition) is 1. The summed E-state index contributed by atoms with van der Waals surface area (Å²) in [6.07, 6.45) is 0. The summed E-state index contributed by atoms with van der Waals surface area (Å²) in [7, 11) is 1.66. The Hall–Kier alpha value is -3.63. The van der Waals surface area contributed by atoms with E-state index in [2.05, 4.69) is 46.6 Å². The van der Waals surface area contributed by atoms with Crippen molar-refractivity contribution in [2.75, 3.05) is 20.2 Å². The van der Waals surface area contributed by atoms with Crippen LogP contribution in [0, 0.1) is 0 Å². The van der Waals surface area contributed by atoms with Crippen LogP contribution in [-0.4, -0.2) is 31.0 Å². The molecule has 0 unspecified atom stereocenters. The number of nitrogens with one attached hydrogen (secondary N) is 1. The molecule has 0 radical (unpaired) electrons. The summed E-state index contributed by atoms with van der Waals surface area (Å²) < 4.78 is 5.21. The molecule has 1 aliphatic heterocycles. The molecule has 1 fully saturated rings. The minimum absolute atomic E-state index is 0.0681. The third-order valence-electron chi connectivity index (χ3n) is 5.99. The minimum atomic E-state index is -0.0681.